The van der Waals surface area contributed by atoms with Crippen molar-refractivity contribution >= 4 is 40.7 Å². The molecule has 1 aromatic carbocycles. The fourth-order valence-electron chi connectivity index (χ4n) is 3.81. The predicted molar refractivity (Wildman–Crippen MR) is 121 cm³/mol. The number of furan rings is 1. The SMILES string of the molecule is Cc1ccc(N2C(=O)CCC(C(=O)OCC(=O)NC(=O)c3ccco3)C2c2cccs2)cc1. The fourth-order valence-corrected chi connectivity index (χ4v) is 4.69. The molecular formula is C24H22N2O6S. The average molecular weight is 467 g/mol. The van der Waals surface area contributed by atoms with Gasteiger partial charge in [-0.2, -0.15) is 0 Å². The number of hydrogen-bond donors (Lipinski definition) is 1. The smallest absolute Gasteiger partial charge is 0.311 e. The van der Waals surface area contributed by atoms with E-state index in [1.807, 2.05) is 48.7 Å². The summed E-state index contributed by atoms with van der Waals surface area (Å²) in [6.07, 6.45) is 1.79. The maximum Gasteiger partial charge on any atom is 0.311 e. The molecule has 2 atom stereocenters. The van der Waals surface area contributed by atoms with Crippen LogP contribution in [0.1, 0.15) is 39.9 Å². The van der Waals surface area contributed by atoms with Gasteiger partial charge in [-0.1, -0.05) is 23.8 Å². The summed E-state index contributed by atoms with van der Waals surface area (Å²) < 4.78 is 10.2. The standard InChI is InChI=1S/C24H22N2O6S/c1-15-6-8-16(9-7-15)26-21(28)11-10-17(22(26)19-5-3-13-33-19)24(30)32-14-20(27)25-23(29)18-4-2-12-31-18/h2-9,12-13,17,22H,10-11,14H2,1H3,(H,25,27,29). The Morgan fingerprint density at radius 1 is 1.15 bits per heavy atom. The highest BCUT2D eigenvalue weighted by molar-refractivity contribution is 7.10. The van der Waals surface area contributed by atoms with Crippen molar-refractivity contribution in [3.8, 4) is 0 Å². The van der Waals surface area contributed by atoms with E-state index in [1.165, 1.54) is 29.7 Å². The Kier molecular flexibility index (Phi) is 6.69. The second-order valence-corrected chi connectivity index (χ2v) is 8.65. The van der Waals surface area contributed by atoms with Crippen LogP contribution in [0.25, 0.3) is 0 Å². The summed E-state index contributed by atoms with van der Waals surface area (Å²) in [5.41, 5.74) is 1.75. The zero-order valence-corrected chi connectivity index (χ0v) is 18.7. The zero-order chi connectivity index (χ0) is 23.4. The molecule has 3 amide bonds. The van der Waals surface area contributed by atoms with E-state index >= 15 is 0 Å². The normalized spacial score (nSPS) is 18.1. The van der Waals surface area contributed by atoms with Gasteiger partial charge in [0.05, 0.1) is 18.2 Å². The molecule has 33 heavy (non-hydrogen) atoms. The summed E-state index contributed by atoms with van der Waals surface area (Å²) in [7, 11) is 0. The van der Waals surface area contributed by atoms with Crippen LogP contribution in [0.5, 0.6) is 0 Å². The highest BCUT2D eigenvalue weighted by Crippen LogP contribution is 2.42. The summed E-state index contributed by atoms with van der Waals surface area (Å²) in [4.78, 5) is 52.5. The number of nitrogens with zero attached hydrogens (tertiary/aromatic N) is 1. The van der Waals surface area contributed by atoms with Gasteiger partial charge in [0.25, 0.3) is 11.8 Å². The molecule has 1 aliphatic rings. The molecule has 4 rings (SSSR count). The van der Waals surface area contributed by atoms with Crippen molar-refractivity contribution < 1.29 is 28.3 Å². The van der Waals surface area contributed by atoms with Gasteiger partial charge in [0.2, 0.25) is 5.91 Å². The van der Waals surface area contributed by atoms with Crippen LogP contribution in [0.2, 0.25) is 0 Å². The first-order chi connectivity index (χ1) is 15.9. The van der Waals surface area contributed by atoms with Gasteiger partial charge in [-0.3, -0.25) is 24.5 Å². The Balaban J connectivity index is 1.49. The second kappa shape index (κ2) is 9.83. The molecule has 8 nitrogen and oxygen atoms in total. The van der Waals surface area contributed by atoms with Gasteiger partial charge < -0.3 is 14.1 Å². The summed E-state index contributed by atoms with van der Waals surface area (Å²) in [5, 5.41) is 4.00. The van der Waals surface area contributed by atoms with Crippen LogP contribution in [0, 0.1) is 12.8 Å². The molecule has 0 radical (unpaired) electrons. The number of carbonyl (C=O) groups is 4. The Morgan fingerprint density at radius 2 is 1.94 bits per heavy atom. The van der Waals surface area contributed by atoms with E-state index in [-0.39, 0.29) is 18.1 Å². The molecule has 0 saturated carbocycles. The summed E-state index contributed by atoms with van der Waals surface area (Å²) in [5.74, 6) is -2.84. The molecule has 2 unspecified atom stereocenters. The molecule has 3 heterocycles. The maximum atomic E-state index is 13.0. The van der Waals surface area contributed by atoms with E-state index in [0.29, 0.717) is 12.1 Å². The first-order valence-corrected chi connectivity index (χ1v) is 11.3. The monoisotopic (exact) mass is 466 g/mol. The van der Waals surface area contributed by atoms with Crippen molar-refractivity contribution in [2.45, 2.75) is 25.8 Å². The number of piperidine rings is 1. The molecule has 1 saturated heterocycles. The highest BCUT2D eigenvalue weighted by atomic mass is 32.1. The van der Waals surface area contributed by atoms with Crippen molar-refractivity contribution in [2.24, 2.45) is 5.92 Å². The molecule has 0 bridgehead atoms. The van der Waals surface area contributed by atoms with Crippen LogP contribution in [0.15, 0.2) is 64.6 Å². The summed E-state index contributed by atoms with van der Waals surface area (Å²) in [6, 6.07) is 13.7. The van der Waals surface area contributed by atoms with E-state index in [2.05, 4.69) is 5.32 Å². The van der Waals surface area contributed by atoms with Crippen LogP contribution < -0.4 is 10.2 Å². The lowest BCUT2D eigenvalue weighted by molar-refractivity contribution is -0.154. The number of rotatable bonds is 6. The summed E-state index contributed by atoms with van der Waals surface area (Å²) >= 11 is 1.45. The quantitative estimate of drug-likeness (QED) is 0.556. The van der Waals surface area contributed by atoms with E-state index in [0.717, 1.165) is 10.4 Å². The maximum absolute atomic E-state index is 13.0. The number of thiophene rings is 1. The molecule has 0 aliphatic carbocycles. The Labute approximate surface area is 194 Å². The van der Waals surface area contributed by atoms with Gasteiger partial charge >= 0.3 is 5.97 Å². The highest BCUT2D eigenvalue weighted by Gasteiger charge is 2.43. The minimum Gasteiger partial charge on any atom is -0.459 e. The number of benzene rings is 1. The third-order valence-corrected chi connectivity index (χ3v) is 6.33. The number of aryl methyl sites for hydroxylation is 1. The summed E-state index contributed by atoms with van der Waals surface area (Å²) in [6.45, 7) is 1.35. The van der Waals surface area contributed by atoms with E-state index in [1.54, 1.807) is 4.90 Å². The molecule has 3 aromatic rings. The third kappa shape index (κ3) is 5.04. The van der Waals surface area contributed by atoms with Crippen LogP contribution in [-0.2, 0) is 19.1 Å². The Morgan fingerprint density at radius 3 is 2.61 bits per heavy atom. The molecule has 170 valence electrons. The number of ether oxygens (including phenoxy) is 1. The third-order valence-electron chi connectivity index (χ3n) is 5.39. The first-order valence-electron chi connectivity index (χ1n) is 10.4. The molecule has 9 heteroatoms. The van der Waals surface area contributed by atoms with Crippen molar-refractivity contribution in [3.63, 3.8) is 0 Å². The van der Waals surface area contributed by atoms with Crippen molar-refractivity contribution in [3.05, 3.63) is 76.4 Å². The number of imide groups is 1. The molecular weight excluding hydrogens is 444 g/mol. The lowest BCUT2D eigenvalue weighted by Crippen LogP contribution is -2.46. The predicted octanol–water partition coefficient (Wildman–Crippen LogP) is 3.63. The Bertz CT molecular complexity index is 1140. The van der Waals surface area contributed by atoms with Gasteiger partial charge in [0.15, 0.2) is 12.4 Å². The number of carbonyl (C=O) groups excluding carboxylic acids is 4. The lowest BCUT2D eigenvalue weighted by atomic mass is 9.87. The van der Waals surface area contributed by atoms with Gasteiger partial charge in [0.1, 0.15) is 0 Å². The molecule has 1 N–H and O–H groups in total. The average Bonchev–Trinajstić information content (AvgIpc) is 3.52. The lowest BCUT2D eigenvalue weighted by Gasteiger charge is -2.39. The second-order valence-electron chi connectivity index (χ2n) is 7.67. The molecule has 1 fully saturated rings. The number of anilines is 1. The minimum atomic E-state index is -0.764. The van der Waals surface area contributed by atoms with Gasteiger partial charge in [-0.15, -0.1) is 11.3 Å². The number of amides is 3. The van der Waals surface area contributed by atoms with E-state index in [4.69, 9.17) is 9.15 Å². The van der Waals surface area contributed by atoms with Crippen molar-refractivity contribution in [2.75, 3.05) is 11.5 Å². The topological polar surface area (TPSA) is 106 Å². The zero-order valence-electron chi connectivity index (χ0n) is 17.9. The number of hydrogen-bond acceptors (Lipinski definition) is 7. The molecule has 1 aliphatic heterocycles. The van der Waals surface area contributed by atoms with Crippen LogP contribution in [-0.4, -0.2) is 30.3 Å². The van der Waals surface area contributed by atoms with Gasteiger partial charge in [0, 0.05) is 17.0 Å². The van der Waals surface area contributed by atoms with Gasteiger partial charge in [-0.05, 0) is 49.1 Å². The molecule has 0 spiro atoms. The first kappa shape index (κ1) is 22.5. The number of nitrogens with one attached hydrogen (secondary N) is 1. The number of esters is 1. The Hall–Kier alpha value is -3.72. The largest absolute Gasteiger partial charge is 0.459 e. The van der Waals surface area contributed by atoms with Crippen LogP contribution in [0.3, 0.4) is 0 Å². The molecule has 2 aromatic heterocycles. The minimum absolute atomic E-state index is 0.0213. The fraction of sp³-hybridized carbons (Fsp3) is 0.250. The van der Waals surface area contributed by atoms with Gasteiger partial charge in [-0.25, -0.2) is 0 Å². The van der Waals surface area contributed by atoms with Crippen molar-refractivity contribution in [1.29, 1.82) is 0 Å². The van der Waals surface area contributed by atoms with E-state index < -0.39 is 36.4 Å². The van der Waals surface area contributed by atoms with E-state index in [9.17, 15) is 19.2 Å². The van der Waals surface area contributed by atoms with Crippen LogP contribution >= 0.6 is 11.3 Å². The van der Waals surface area contributed by atoms with Crippen LogP contribution in [0.4, 0.5) is 5.69 Å². The van der Waals surface area contributed by atoms with Crippen molar-refractivity contribution in [1.82, 2.24) is 5.32 Å².